The van der Waals surface area contributed by atoms with Gasteiger partial charge in [0.2, 0.25) is 15.9 Å². The number of halogens is 4. The Labute approximate surface area is 183 Å². The summed E-state index contributed by atoms with van der Waals surface area (Å²) in [5.41, 5.74) is 0.162. The molecule has 3 rings (SSSR count). The third-order valence-electron chi connectivity index (χ3n) is 4.86. The lowest BCUT2D eigenvalue weighted by Gasteiger charge is -2.31. The van der Waals surface area contributed by atoms with E-state index in [2.05, 4.69) is 10.1 Å². The van der Waals surface area contributed by atoms with Crippen LogP contribution in [0.1, 0.15) is 18.4 Å². The third-order valence-corrected chi connectivity index (χ3v) is 6.99. The zero-order valence-corrected chi connectivity index (χ0v) is 17.8. The summed E-state index contributed by atoms with van der Waals surface area (Å²) in [4.78, 5) is 12.7. The van der Waals surface area contributed by atoms with Crippen molar-refractivity contribution < 1.29 is 31.1 Å². The Bertz CT molecular complexity index is 1030. The molecule has 1 fully saturated rings. The Morgan fingerprint density at radius 2 is 1.84 bits per heavy atom. The first-order valence-corrected chi connectivity index (χ1v) is 11.2. The average molecular weight is 477 g/mol. The molecular weight excluding hydrogens is 457 g/mol. The molecule has 2 aromatic rings. The van der Waals surface area contributed by atoms with Crippen LogP contribution in [0, 0.1) is 5.92 Å². The minimum absolute atomic E-state index is 0.0164. The maximum atomic E-state index is 12.9. The Balaban J connectivity index is 1.65. The molecule has 11 heteroatoms. The third kappa shape index (κ3) is 6.11. The van der Waals surface area contributed by atoms with Crippen molar-refractivity contribution in [2.24, 2.45) is 5.92 Å². The number of benzene rings is 2. The van der Waals surface area contributed by atoms with Gasteiger partial charge in [0.25, 0.3) is 0 Å². The molecule has 0 radical (unpaired) electrons. The molecule has 1 amide bonds. The molecule has 0 saturated carbocycles. The van der Waals surface area contributed by atoms with Crippen LogP contribution >= 0.6 is 11.6 Å². The largest absolute Gasteiger partial charge is 0.573 e. The van der Waals surface area contributed by atoms with Crippen LogP contribution in [-0.2, 0) is 21.4 Å². The number of amides is 1. The summed E-state index contributed by atoms with van der Waals surface area (Å²) >= 11 is 5.81. The topological polar surface area (TPSA) is 75.7 Å². The average Bonchev–Trinajstić information content (AvgIpc) is 2.72. The van der Waals surface area contributed by atoms with Gasteiger partial charge in [0.05, 0.1) is 10.8 Å². The number of nitrogens with zero attached hydrogens (tertiary/aromatic N) is 1. The Morgan fingerprint density at radius 3 is 2.52 bits per heavy atom. The predicted molar refractivity (Wildman–Crippen MR) is 108 cm³/mol. The lowest BCUT2D eigenvalue weighted by atomic mass is 9.98. The van der Waals surface area contributed by atoms with Crippen molar-refractivity contribution in [2.75, 3.05) is 13.1 Å². The van der Waals surface area contributed by atoms with Crippen LogP contribution in [0.25, 0.3) is 0 Å². The van der Waals surface area contributed by atoms with E-state index in [-0.39, 0.29) is 30.1 Å². The molecule has 168 valence electrons. The second-order valence-electron chi connectivity index (χ2n) is 7.03. The SMILES string of the molecule is O=C(NCc1ccccc1OC(F)(F)F)C1CCCN(S(=O)(=O)c2ccc(Cl)cc2)C1. The fourth-order valence-electron chi connectivity index (χ4n) is 3.33. The van der Waals surface area contributed by atoms with E-state index < -0.39 is 34.0 Å². The monoisotopic (exact) mass is 476 g/mol. The second-order valence-corrected chi connectivity index (χ2v) is 9.40. The molecule has 31 heavy (non-hydrogen) atoms. The minimum Gasteiger partial charge on any atom is -0.405 e. The van der Waals surface area contributed by atoms with E-state index in [1.165, 1.54) is 46.8 Å². The fraction of sp³-hybridized carbons (Fsp3) is 0.350. The summed E-state index contributed by atoms with van der Waals surface area (Å²) in [6.07, 6.45) is -3.89. The van der Waals surface area contributed by atoms with Gasteiger partial charge in [-0.25, -0.2) is 8.42 Å². The van der Waals surface area contributed by atoms with Crippen molar-refractivity contribution in [3.05, 3.63) is 59.1 Å². The molecule has 0 aromatic heterocycles. The van der Waals surface area contributed by atoms with Crippen molar-refractivity contribution in [3.8, 4) is 5.75 Å². The number of alkyl halides is 3. The first-order valence-electron chi connectivity index (χ1n) is 9.43. The van der Waals surface area contributed by atoms with Gasteiger partial charge >= 0.3 is 6.36 Å². The van der Waals surface area contributed by atoms with E-state index in [4.69, 9.17) is 11.6 Å². The summed E-state index contributed by atoms with van der Waals surface area (Å²) in [6, 6.07) is 11.3. The molecule has 1 aliphatic rings. The number of nitrogens with one attached hydrogen (secondary N) is 1. The molecule has 0 bridgehead atoms. The second kappa shape index (κ2) is 9.46. The van der Waals surface area contributed by atoms with Gasteiger partial charge in [0.1, 0.15) is 5.75 Å². The van der Waals surface area contributed by atoms with Crippen molar-refractivity contribution in [3.63, 3.8) is 0 Å². The molecule has 0 spiro atoms. The van der Waals surface area contributed by atoms with Crippen LogP contribution in [0.2, 0.25) is 5.02 Å². The van der Waals surface area contributed by atoms with Gasteiger partial charge in [-0.1, -0.05) is 29.8 Å². The number of piperidine rings is 1. The van der Waals surface area contributed by atoms with Crippen molar-refractivity contribution in [2.45, 2.75) is 30.6 Å². The molecule has 1 unspecified atom stereocenters. The van der Waals surface area contributed by atoms with E-state index in [9.17, 15) is 26.4 Å². The zero-order chi connectivity index (χ0) is 22.6. The maximum absolute atomic E-state index is 12.9. The lowest BCUT2D eigenvalue weighted by molar-refractivity contribution is -0.274. The van der Waals surface area contributed by atoms with Crippen LogP contribution in [0.15, 0.2) is 53.4 Å². The van der Waals surface area contributed by atoms with Crippen LogP contribution < -0.4 is 10.1 Å². The van der Waals surface area contributed by atoms with Gasteiger partial charge < -0.3 is 10.1 Å². The summed E-state index contributed by atoms with van der Waals surface area (Å²) in [7, 11) is -3.79. The number of para-hydroxylation sites is 1. The smallest absolute Gasteiger partial charge is 0.405 e. The molecule has 2 aromatic carbocycles. The van der Waals surface area contributed by atoms with E-state index >= 15 is 0 Å². The van der Waals surface area contributed by atoms with Crippen molar-refractivity contribution in [1.82, 2.24) is 9.62 Å². The number of carbonyl (C=O) groups is 1. The van der Waals surface area contributed by atoms with Gasteiger partial charge in [0, 0.05) is 30.2 Å². The number of ether oxygens (including phenoxy) is 1. The standard InChI is InChI=1S/C20H20ClF3N2O4S/c21-16-7-9-17(10-8-16)31(28,29)26-11-3-5-15(13-26)19(27)25-12-14-4-1-2-6-18(14)30-20(22,23)24/h1-2,4,6-10,15H,3,5,11-13H2,(H,25,27). The molecule has 1 heterocycles. The highest BCUT2D eigenvalue weighted by atomic mass is 35.5. The maximum Gasteiger partial charge on any atom is 0.573 e. The number of hydrogen-bond acceptors (Lipinski definition) is 4. The molecule has 1 aliphatic heterocycles. The Kier molecular flexibility index (Phi) is 7.13. The normalized spacial score (nSPS) is 17.9. The summed E-state index contributed by atoms with van der Waals surface area (Å²) in [5, 5.41) is 3.00. The highest BCUT2D eigenvalue weighted by Crippen LogP contribution is 2.27. The molecule has 1 N–H and O–H groups in total. The number of sulfonamides is 1. The highest BCUT2D eigenvalue weighted by molar-refractivity contribution is 7.89. The van der Waals surface area contributed by atoms with Crippen LogP contribution in [0.4, 0.5) is 13.2 Å². The molecule has 0 aliphatic carbocycles. The zero-order valence-electron chi connectivity index (χ0n) is 16.2. The van der Waals surface area contributed by atoms with Crippen LogP contribution in [0.3, 0.4) is 0 Å². The van der Waals surface area contributed by atoms with Gasteiger partial charge in [-0.3, -0.25) is 4.79 Å². The van der Waals surface area contributed by atoms with Gasteiger partial charge in [-0.15, -0.1) is 13.2 Å². The summed E-state index contributed by atoms with van der Waals surface area (Å²) in [5.74, 6) is -1.45. The van der Waals surface area contributed by atoms with E-state index in [1.807, 2.05) is 0 Å². The van der Waals surface area contributed by atoms with E-state index in [0.29, 0.717) is 17.9 Å². The summed E-state index contributed by atoms with van der Waals surface area (Å²) < 4.78 is 68.6. The molecular formula is C20H20ClF3N2O4S. The van der Waals surface area contributed by atoms with Crippen molar-refractivity contribution in [1.29, 1.82) is 0 Å². The van der Waals surface area contributed by atoms with Crippen molar-refractivity contribution >= 4 is 27.5 Å². The summed E-state index contributed by atoms with van der Waals surface area (Å²) in [6.45, 7) is 0.0833. The molecule has 1 saturated heterocycles. The van der Waals surface area contributed by atoms with Gasteiger partial charge in [0.15, 0.2) is 0 Å². The Morgan fingerprint density at radius 1 is 1.16 bits per heavy atom. The number of rotatable bonds is 6. The highest BCUT2D eigenvalue weighted by Gasteiger charge is 2.34. The lowest BCUT2D eigenvalue weighted by Crippen LogP contribution is -2.45. The predicted octanol–water partition coefficient (Wildman–Crippen LogP) is 3.96. The van der Waals surface area contributed by atoms with Crippen LogP contribution in [-0.4, -0.2) is 38.1 Å². The molecule has 1 atom stereocenters. The quantitative estimate of drug-likeness (QED) is 0.685. The van der Waals surface area contributed by atoms with E-state index in [0.717, 1.165) is 6.07 Å². The van der Waals surface area contributed by atoms with Crippen LogP contribution in [0.5, 0.6) is 5.75 Å². The Hall–Kier alpha value is -2.30. The number of carbonyl (C=O) groups excluding carboxylic acids is 1. The molecule has 6 nitrogen and oxygen atoms in total. The minimum atomic E-state index is -4.85. The van der Waals surface area contributed by atoms with Gasteiger partial charge in [-0.05, 0) is 43.2 Å². The number of hydrogen-bond donors (Lipinski definition) is 1. The first-order chi connectivity index (χ1) is 14.6. The first kappa shape index (κ1) is 23.4. The fourth-order valence-corrected chi connectivity index (χ4v) is 4.98. The van der Waals surface area contributed by atoms with Gasteiger partial charge in [-0.2, -0.15) is 4.31 Å². The van der Waals surface area contributed by atoms with E-state index in [1.54, 1.807) is 0 Å².